The molecule has 0 heterocycles. The highest BCUT2D eigenvalue weighted by Crippen LogP contribution is 2.21. The van der Waals surface area contributed by atoms with Crippen molar-refractivity contribution in [1.82, 2.24) is 10.2 Å². The lowest BCUT2D eigenvalue weighted by Gasteiger charge is -2.25. The Morgan fingerprint density at radius 3 is 2.17 bits per heavy atom. The molecule has 3 aromatic carbocycles. The van der Waals surface area contributed by atoms with E-state index in [0.717, 1.165) is 23.3 Å². The maximum Gasteiger partial charge on any atom is 0.251 e. The zero-order valence-corrected chi connectivity index (χ0v) is 16.7. The summed E-state index contributed by atoms with van der Waals surface area (Å²) in [5.41, 5.74) is 2.95. The molecule has 154 valence electrons. The molecule has 0 aliphatic carbocycles. The van der Waals surface area contributed by atoms with Crippen LogP contribution in [-0.4, -0.2) is 30.3 Å². The van der Waals surface area contributed by atoms with E-state index in [9.17, 15) is 18.4 Å². The SMILES string of the molecule is CC(c1ccc(F)c(F)c1)N(C)C(=O)CNC(=O)c1ccc(-c2ccccc2)cc1. The minimum atomic E-state index is -0.965. The summed E-state index contributed by atoms with van der Waals surface area (Å²) in [6.45, 7) is 1.50. The second-order valence-corrected chi connectivity index (χ2v) is 6.98. The van der Waals surface area contributed by atoms with E-state index in [1.807, 2.05) is 42.5 Å². The molecule has 6 heteroatoms. The summed E-state index contributed by atoms with van der Waals surface area (Å²) in [5.74, 6) is -2.61. The maximum atomic E-state index is 13.4. The number of carbonyl (C=O) groups is 2. The third kappa shape index (κ3) is 4.89. The van der Waals surface area contributed by atoms with Crippen LogP contribution in [0.2, 0.25) is 0 Å². The van der Waals surface area contributed by atoms with Crippen LogP contribution in [0.15, 0.2) is 72.8 Å². The Labute approximate surface area is 174 Å². The summed E-state index contributed by atoms with van der Waals surface area (Å²) in [6, 6.07) is 19.9. The summed E-state index contributed by atoms with van der Waals surface area (Å²) in [5, 5.41) is 2.60. The Morgan fingerprint density at radius 2 is 1.53 bits per heavy atom. The molecular weight excluding hydrogens is 386 g/mol. The molecule has 0 fully saturated rings. The summed E-state index contributed by atoms with van der Waals surface area (Å²) < 4.78 is 26.6. The molecule has 0 saturated heterocycles. The largest absolute Gasteiger partial charge is 0.343 e. The van der Waals surface area contributed by atoms with Crippen LogP contribution >= 0.6 is 0 Å². The number of halogens is 2. The first-order valence-corrected chi connectivity index (χ1v) is 9.51. The Bertz CT molecular complexity index is 1040. The number of hydrogen-bond donors (Lipinski definition) is 1. The van der Waals surface area contributed by atoms with E-state index in [2.05, 4.69) is 5.32 Å². The molecule has 0 bridgehead atoms. The van der Waals surface area contributed by atoms with Gasteiger partial charge in [0.05, 0.1) is 12.6 Å². The number of rotatable bonds is 6. The first kappa shape index (κ1) is 21.2. The van der Waals surface area contributed by atoms with Gasteiger partial charge in [-0.15, -0.1) is 0 Å². The van der Waals surface area contributed by atoms with Crippen molar-refractivity contribution in [2.45, 2.75) is 13.0 Å². The standard InChI is InChI=1S/C24H22F2N2O2/c1-16(20-12-13-21(25)22(26)14-20)28(2)23(29)15-27-24(30)19-10-8-18(9-11-19)17-6-4-3-5-7-17/h3-14,16H,15H2,1-2H3,(H,27,30). The van der Waals surface area contributed by atoms with Crippen LogP contribution in [0, 0.1) is 11.6 Å². The number of hydrogen-bond acceptors (Lipinski definition) is 2. The minimum absolute atomic E-state index is 0.205. The van der Waals surface area contributed by atoms with Gasteiger partial charge in [0.2, 0.25) is 5.91 Å². The molecule has 0 saturated carbocycles. The number of amides is 2. The highest BCUT2D eigenvalue weighted by atomic mass is 19.2. The van der Waals surface area contributed by atoms with E-state index in [1.165, 1.54) is 11.0 Å². The van der Waals surface area contributed by atoms with Gasteiger partial charge >= 0.3 is 0 Å². The fourth-order valence-electron chi connectivity index (χ4n) is 3.04. The van der Waals surface area contributed by atoms with Gasteiger partial charge in [0.15, 0.2) is 11.6 Å². The van der Waals surface area contributed by atoms with Crippen LogP contribution in [0.4, 0.5) is 8.78 Å². The summed E-state index contributed by atoms with van der Waals surface area (Å²) in [6.07, 6.45) is 0. The van der Waals surface area contributed by atoms with Crippen molar-refractivity contribution in [1.29, 1.82) is 0 Å². The molecule has 30 heavy (non-hydrogen) atoms. The van der Waals surface area contributed by atoms with Gasteiger partial charge in [-0.1, -0.05) is 48.5 Å². The van der Waals surface area contributed by atoms with E-state index in [4.69, 9.17) is 0 Å². The number of nitrogens with one attached hydrogen (secondary N) is 1. The molecule has 1 atom stereocenters. The van der Waals surface area contributed by atoms with Crippen molar-refractivity contribution >= 4 is 11.8 Å². The molecule has 0 aliphatic heterocycles. The van der Waals surface area contributed by atoms with Crippen LogP contribution < -0.4 is 5.32 Å². The van der Waals surface area contributed by atoms with Crippen molar-refractivity contribution in [2.75, 3.05) is 13.6 Å². The molecule has 3 rings (SSSR count). The van der Waals surface area contributed by atoms with Gasteiger partial charge in [0.1, 0.15) is 0 Å². The van der Waals surface area contributed by atoms with E-state index in [-0.39, 0.29) is 18.4 Å². The van der Waals surface area contributed by atoms with Crippen LogP contribution in [0.25, 0.3) is 11.1 Å². The highest BCUT2D eigenvalue weighted by Gasteiger charge is 2.19. The zero-order chi connectivity index (χ0) is 21.7. The van der Waals surface area contributed by atoms with Gasteiger partial charge in [-0.2, -0.15) is 0 Å². The van der Waals surface area contributed by atoms with Crippen molar-refractivity contribution in [3.63, 3.8) is 0 Å². The van der Waals surface area contributed by atoms with Crippen LogP contribution in [-0.2, 0) is 4.79 Å². The summed E-state index contributed by atoms with van der Waals surface area (Å²) in [4.78, 5) is 26.2. The summed E-state index contributed by atoms with van der Waals surface area (Å²) >= 11 is 0. The molecule has 0 aromatic heterocycles. The highest BCUT2D eigenvalue weighted by molar-refractivity contribution is 5.96. The predicted octanol–water partition coefficient (Wildman–Crippen LogP) is 4.58. The van der Waals surface area contributed by atoms with Gasteiger partial charge in [-0.25, -0.2) is 8.78 Å². The summed E-state index contributed by atoms with van der Waals surface area (Å²) in [7, 11) is 1.55. The van der Waals surface area contributed by atoms with Crippen LogP contribution in [0.5, 0.6) is 0 Å². The Hall–Kier alpha value is -3.54. The number of benzene rings is 3. The van der Waals surface area contributed by atoms with Crippen molar-refractivity contribution in [3.8, 4) is 11.1 Å². The number of nitrogens with zero attached hydrogens (tertiary/aromatic N) is 1. The van der Waals surface area contributed by atoms with E-state index in [1.54, 1.807) is 26.1 Å². The third-order valence-electron chi connectivity index (χ3n) is 5.05. The molecule has 0 aliphatic rings. The van der Waals surface area contributed by atoms with Gasteiger partial charge in [-0.3, -0.25) is 9.59 Å². The first-order valence-electron chi connectivity index (χ1n) is 9.51. The van der Waals surface area contributed by atoms with Crippen molar-refractivity contribution in [3.05, 3.63) is 95.6 Å². The average molecular weight is 408 g/mol. The van der Waals surface area contributed by atoms with Crippen LogP contribution in [0.1, 0.15) is 28.9 Å². The van der Waals surface area contributed by atoms with E-state index < -0.39 is 17.7 Å². The fraction of sp³-hybridized carbons (Fsp3) is 0.167. The molecular formula is C24H22F2N2O2. The van der Waals surface area contributed by atoms with Crippen molar-refractivity contribution in [2.24, 2.45) is 0 Å². The monoisotopic (exact) mass is 408 g/mol. The smallest absolute Gasteiger partial charge is 0.251 e. The molecule has 1 unspecified atom stereocenters. The zero-order valence-electron chi connectivity index (χ0n) is 16.7. The van der Waals surface area contributed by atoms with Gasteiger partial charge in [0.25, 0.3) is 5.91 Å². The maximum absolute atomic E-state index is 13.4. The lowest BCUT2D eigenvalue weighted by Crippen LogP contribution is -2.39. The molecule has 0 spiro atoms. The molecule has 1 N–H and O–H groups in total. The fourth-order valence-corrected chi connectivity index (χ4v) is 3.04. The third-order valence-corrected chi connectivity index (χ3v) is 5.05. The molecule has 2 amide bonds. The van der Waals surface area contributed by atoms with E-state index in [0.29, 0.717) is 11.1 Å². The first-order chi connectivity index (χ1) is 14.4. The molecule has 3 aromatic rings. The van der Waals surface area contributed by atoms with E-state index >= 15 is 0 Å². The average Bonchev–Trinajstić information content (AvgIpc) is 2.78. The minimum Gasteiger partial charge on any atom is -0.343 e. The van der Waals surface area contributed by atoms with Gasteiger partial charge < -0.3 is 10.2 Å². The molecule has 0 radical (unpaired) electrons. The topological polar surface area (TPSA) is 49.4 Å². The Balaban J connectivity index is 1.58. The normalized spacial score (nSPS) is 11.6. The number of carbonyl (C=O) groups excluding carboxylic acids is 2. The lowest BCUT2D eigenvalue weighted by atomic mass is 10.0. The lowest BCUT2D eigenvalue weighted by molar-refractivity contribution is -0.130. The van der Waals surface area contributed by atoms with Crippen molar-refractivity contribution < 1.29 is 18.4 Å². The Kier molecular flexibility index (Phi) is 6.57. The number of likely N-dealkylation sites (N-methyl/N-ethyl adjacent to an activating group) is 1. The predicted molar refractivity (Wildman–Crippen MR) is 112 cm³/mol. The molecule has 4 nitrogen and oxygen atoms in total. The second kappa shape index (κ2) is 9.31. The Morgan fingerprint density at radius 1 is 0.900 bits per heavy atom. The van der Waals surface area contributed by atoms with Gasteiger partial charge in [-0.05, 0) is 47.9 Å². The second-order valence-electron chi connectivity index (χ2n) is 6.98. The van der Waals surface area contributed by atoms with Crippen LogP contribution in [0.3, 0.4) is 0 Å². The quantitative estimate of drug-likeness (QED) is 0.649. The van der Waals surface area contributed by atoms with Gasteiger partial charge in [0, 0.05) is 12.6 Å².